The molecule has 2 atom stereocenters. The summed E-state index contributed by atoms with van der Waals surface area (Å²) >= 11 is 0. The summed E-state index contributed by atoms with van der Waals surface area (Å²) in [6.45, 7) is 5.25. The van der Waals surface area contributed by atoms with E-state index in [1.54, 1.807) is 6.20 Å². The van der Waals surface area contributed by atoms with Gasteiger partial charge in [0.05, 0.1) is 12.6 Å². The molecule has 0 aliphatic rings. The number of nitrogens with one attached hydrogen (secondary N) is 1. The van der Waals surface area contributed by atoms with Crippen molar-refractivity contribution in [3.8, 4) is 0 Å². The number of benzene rings is 1. The fourth-order valence-electron chi connectivity index (χ4n) is 2.24. The highest BCUT2D eigenvalue weighted by atomic mass is 35.5. The standard InChI is InChI=1S/C17H24N4O.ClH/c1-3-13(2)16(18)17(22)19-11-14-6-4-7-15(10-14)12-21-9-5-8-20-21;/h4-10,13,16H,3,11-12,18H2,1-2H3,(H,19,22);1H. The van der Waals surface area contributed by atoms with Gasteiger partial charge in [0, 0.05) is 18.9 Å². The van der Waals surface area contributed by atoms with Crippen molar-refractivity contribution in [2.24, 2.45) is 11.7 Å². The van der Waals surface area contributed by atoms with Gasteiger partial charge in [0.2, 0.25) is 5.91 Å². The molecule has 0 bridgehead atoms. The number of aromatic nitrogens is 2. The molecule has 2 aromatic rings. The summed E-state index contributed by atoms with van der Waals surface area (Å²) in [6.07, 6.45) is 4.59. The Morgan fingerprint density at radius 3 is 2.74 bits per heavy atom. The topological polar surface area (TPSA) is 72.9 Å². The molecule has 0 aliphatic carbocycles. The van der Waals surface area contributed by atoms with Crippen LogP contribution >= 0.6 is 12.4 Å². The van der Waals surface area contributed by atoms with E-state index in [9.17, 15) is 4.79 Å². The lowest BCUT2D eigenvalue weighted by Crippen LogP contribution is -2.44. The minimum absolute atomic E-state index is 0. The number of nitrogens with zero attached hydrogens (tertiary/aromatic N) is 2. The van der Waals surface area contributed by atoms with E-state index < -0.39 is 6.04 Å². The number of rotatable bonds is 7. The first kappa shape index (κ1) is 19.2. The van der Waals surface area contributed by atoms with Crippen LogP contribution in [-0.2, 0) is 17.9 Å². The molecule has 2 rings (SSSR count). The number of halogens is 1. The summed E-state index contributed by atoms with van der Waals surface area (Å²) < 4.78 is 1.87. The molecule has 0 radical (unpaired) electrons. The average Bonchev–Trinajstić information content (AvgIpc) is 3.04. The van der Waals surface area contributed by atoms with E-state index in [-0.39, 0.29) is 24.2 Å². The fraction of sp³-hybridized carbons (Fsp3) is 0.412. The second kappa shape index (κ2) is 9.33. The van der Waals surface area contributed by atoms with E-state index in [1.807, 2.05) is 42.9 Å². The maximum atomic E-state index is 12.0. The zero-order valence-electron chi connectivity index (χ0n) is 13.6. The van der Waals surface area contributed by atoms with Crippen molar-refractivity contribution >= 4 is 18.3 Å². The van der Waals surface area contributed by atoms with Gasteiger partial charge in [-0.3, -0.25) is 9.48 Å². The number of carbonyl (C=O) groups is 1. The van der Waals surface area contributed by atoms with Crippen molar-refractivity contribution in [3.63, 3.8) is 0 Å². The van der Waals surface area contributed by atoms with Gasteiger partial charge in [-0.1, -0.05) is 44.5 Å². The average molecular weight is 337 g/mol. The van der Waals surface area contributed by atoms with Crippen LogP contribution in [0, 0.1) is 5.92 Å². The van der Waals surface area contributed by atoms with Gasteiger partial charge in [0.1, 0.15) is 0 Å². The van der Waals surface area contributed by atoms with E-state index in [0.717, 1.165) is 24.1 Å². The predicted molar refractivity (Wildman–Crippen MR) is 94.3 cm³/mol. The quantitative estimate of drug-likeness (QED) is 0.815. The van der Waals surface area contributed by atoms with Crippen LogP contribution in [0.4, 0.5) is 0 Å². The Morgan fingerprint density at radius 1 is 1.35 bits per heavy atom. The third-order valence-corrected chi connectivity index (χ3v) is 3.92. The second-order valence-corrected chi connectivity index (χ2v) is 5.65. The Labute approximate surface area is 143 Å². The number of hydrogen-bond donors (Lipinski definition) is 2. The first-order chi connectivity index (χ1) is 10.6. The zero-order chi connectivity index (χ0) is 15.9. The van der Waals surface area contributed by atoms with Crippen LogP contribution in [0.1, 0.15) is 31.4 Å². The van der Waals surface area contributed by atoms with Crippen molar-refractivity contribution in [1.29, 1.82) is 0 Å². The summed E-state index contributed by atoms with van der Waals surface area (Å²) in [4.78, 5) is 12.0. The van der Waals surface area contributed by atoms with Crippen LogP contribution in [0.25, 0.3) is 0 Å². The maximum absolute atomic E-state index is 12.0. The van der Waals surface area contributed by atoms with Crippen molar-refractivity contribution in [1.82, 2.24) is 15.1 Å². The highest BCUT2D eigenvalue weighted by molar-refractivity contribution is 5.85. The summed E-state index contributed by atoms with van der Waals surface area (Å²) in [5.74, 6) is 0.0954. The second-order valence-electron chi connectivity index (χ2n) is 5.65. The molecule has 0 aliphatic heterocycles. The van der Waals surface area contributed by atoms with Gasteiger partial charge in [-0.2, -0.15) is 5.10 Å². The lowest BCUT2D eigenvalue weighted by molar-refractivity contribution is -0.123. The van der Waals surface area contributed by atoms with E-state index in [2.05, 4.69) is 22.5 Å². The molecule has 126 valence electrons. The number of hydrogen-bond acceptors (Lipinski definition) is 3. The SMILES string of the molecule is CCC(C)C(N)C(=O)NCc1cccc(Cn2cccn2)c1.Cl. The molecule has 1 amide bonds. The van der Waals surface area contributed by atoms with Gasteiger partial charge < -0.3 is 11.1 Å². The van der Waals surface area contributed by atoms with Crippen molar-refractivity contribution in [2.45, 2.75) is 39.4 Å². The zero-order valence-corrected chi connectivity index (χ0v) is 14.4. The van der Waals surface area contributed by atoms with Crippen LogP contribution in [0.15, 0.2) is 42.7 Å². The van der Waals surface area contributed by atoms with Crippen LogP contribution in [0.3, 0.4) is 0 Å². The number of amides is 1. The Bertz CT molecular complexity index is 600. The molecule has 5 nitrogen and oxygen atoms in total. The molecule has 1 aromatic carbocycles. The molecule has 1 heterocycles. The summed E-state index contributed by atoms with van der Waals surface area (Å²) in [7, 11) is 0. The molecular formula is C17H25ClN4O. The molecule has 0 saturated carbocycles. The minimum Gasteiger partial charge on any atom is -0.351 e. The lowest BCUT2D eigenvalue weighted by Gasteiger charge is -2.17. The van der Waals surface area contributed by atoms with Gasteiger partial charge >= 0.3 is 0 Å². The van der Waals surface area contributed by atoms with Gasteiger partial charge in [0.15, 0.2) is 0 Å². The minimum atomic E-state index is -0.447. The fourth-order valence-corrected chi connectivity index (χ4v) is 2.24. The Hall–Kier alpha value is -1.85. The third kappa shape index (κ3) is 5.69. The molecule has 0 fully saturated rings. The summed E-state index contributed by atoms with van der Waals surface area (Å²) in [5, 5.41) is 7.11. The van der Waals surface area contributed by atoms with Gasteiger partial charge in [-0.05, 0) is 23.1 Å². The molecule has 6 heteroatoms. The molecule has 23 heavy (non-hydrogen) atoms. The smallest absolute Gasteiger partial charge is 0.237 e. The molecule has 2 unspecified atom stereocenters. The molecule has 1 aromatic heterocycles. The van der Waals surface area contributed by atoms with Crippen LogP contribution < -0.4 is 11.1 Å². The van der Waals surface area contributed by atoms with Crippen LogP contribution in [0.2, 0.25) is 0 Å². The summed E-state index contributed by atoms with van der Waals surface area (Å²) in [6, 6.07) is 9.59. The van der Waals surface area contributed by atoms with Gasteiger partial charge in [0.25, 0.3) is 0 Å². The first-order valence-electron chi connectivity index (χ1n) is 7.68. The van der Waals surface area contributed by atoms with Gasteiger partial charge in [-0.15, -0.1) is 12.4 Å². The van der Waals surface area contributed by atoms with Crippen molar-refractivity contribution in [2.75, 3.05) is 0 Å². The Balaban J connectivity index is 0.00000264. The maximum Gasteiger partial charge on any atom is 0.237 e. The van der Waals surface area contributed by atoms with E-state index in [4.69, 9.17) is 5.73 Å². The van der Waals surface area contributed by atoms with Crippen molar-refractivity contribution < 1.29 is 4.79 Å². The molecular weight excluding hydrogens is 312 g/mol. The largest absolute Gasteiger partial charge is 0.351 e. The number of carbonyl (C=O) groups excluding carboxylic acids is 1. The molecule has 3 N–H and O–H groups in total. The van der Waals surface area contributed by atoms with Gasteiger partial charge in [-0.25, -0.2) is 0 Å². The lowest BCUT2D eigenvalue weighted by atomic mass is 9.99. The highest BCUT2D eigenvalue weighted by Crippen LogP contribution is 2.08. The van der Waals surface area contributed by atoms with Crippen LogP contribution in [0.5, 0.6) is 0 Å². The summed E-state index contributed by atoms with van der Waals surface area (Å²) in [5.41, 5.74) is 8.15. The van der Waals surface area contributed by atoms with E-state index >= 15 is 0 Å². The monoisotopic (exact) mass is 336 g/mol. The van der Waals surface area contributed by atoms with E-state index in [1.165, 1.54) is 0 Å². The predicted octanol–water partition coefficient (Wildman–Crippen LogP) is 2.34. The van der Waals surface area contributed by atoms with E-state index in [0.29, 0.717) is 6.54 Å². The molecule has 0 saturated heterocycles. The molecule has 0 spiro atoms. The van der Waals surface area contributed by atoms with Crippen molar-refractivity contribution in [3.05, 3.63) is 53.9 Å². The highest BCUT2D eigenvalue weighted by Gasteiger charge is 2.18. The van der Waals surface area contributed by atoms with Crippen LogP contribution in [-0.4, -0.2) is 21.7 Å². The Kier molecular flexibility index (Phi) is 7.78. The first-order valence-corrected chi connectivity index (χ1v) is 7.68. The normalized spacial score (nSPS) is 13.0. The number of nitrogens with two attached hydrogens (primary N) is 1. The Morgan fingerprint density at radius 2 is 2.09 bits per heavy atom. The third-order valence-electron chi connectivity index (χ3n) is 3.92.